The van der Waals surface area contributed by atoms with E-state index in [0.717, 1.165) is 6.07 Å². The summed E-state index contributed by atoms with van der Waals surface area (Å²) >= 11 is 0. The first-order valence-corrected chi connectivity index (χ1v) is 11.7. The number of nitrogen functional groups attached to an aromatic ring is 2. The van der Waals surface area contributed by atoms with Crippen molar-refractivity contribution in [2.75, 3.05) is 28.2 Å². The highest BCUT2D eigenvalue weighted by atomic mass is 19.1. The van der Waals surface area contributed by atoms with E-state index in [1.807, 2.05) is 0 Å². The Hall–Kier alpha value is -5.28. The quantitative estimate of drug-likeness (QED) is 0.130. The molecule has 0 aliphatic heterocycles. The molecule has 3 aromatic rings. The van der Waals surface area contributed by atoms with Gasteiger partial charge < -0.3 is 31.9 Å². The molecule has 2 aromatic carbocycles. The first-order chi connectivity index (χ1) is 18.8. The van der Waals surface area contributed by atoms with Gasteiger partial charge in [-0.05, 0) is 30.5 Å². The maximum Gasteiger partial charge on any atom is 0.328 e. The minimum absolute atomic E-state index is 0.0133. The van der Waals surface area contributed by atoms with Gasteiger partial charge in [0.1, 0.15) is 23.4 Å². The molecule has 0 bridgehead atoms. The van der Waals surface area contributed by atoms with Gasteiger partial charge in [-0.15, -0.1) is 0 Å². The second kappa shape index (κ2) is 12.5. The highest BCUT2D eigenvalue weighted by Gasteiger charge is 2.27. The van der Waals surface area contributed by atoms with Crippen molar-refractivity contribution in [2.45, 2.75) is 31.8 Å². The van der Waals surface area contributed by atoms with Crippen LogP contribution in [0.15, 0.2) is 41.2 Å². The van der Waals surface area contributed by atoms with Crippen molar-refractivity contribution in [3.8, 4) is 0 Å². The molecule has 0 fully saturated rings. The zero-order valence-electron chi connectivity index (χ0n) is 20.8. The summed E-state index contributed by atoms with van der Waals surface area (Å²) in [6, 6.07) is 6.09. The van der Waals surface area contributed by atoms with Crippen LogP contribution < -0.4 is 27.2 Å². The van der Waals surface area contributed by atoms with Crippen molar-refractivity contribution in [2.24, 2.45) is 0 Å². The number of carbonyl (C=O) groups is 2. The van der Waals surface area contributed by atoms with E-state index < -0.39 is 45.8 Å². The average Bonchev–Trinajstić information content (AvgIpc) is 2.85. The van der Waals surface area contributed by atoms with E-state index in [-0.39, 0.29) is 55.4 Å². The number of nitrogens with one attached hydrogen (secondary N) is 2. The third-order valence-corrected chi connectivity index (χ3v) is 5.84. The number of carboxylic acid groups (broad SMARTS) is 2. The number of H-pyrrole nitrogens is 1. The van der Waals surface area contributed by atoms with Crippen LogP contribution in [-0.4, -0.2) is 49.6 Å². The van der Waals surface area contributed by atoms with Gasteiger partial charge >= 0.3 is 17.6 Å². The number of aromatic amines is 1. The van der Waals surface area contributed by atoms with Crippen LogP contribution >= 0.6 is 0 Å². The second-order valence-electron chi connectivity index (χ2n) is 8.66. The fraction of sp³-hybridized carbons (Fsp3) is 0.250. The third kappa shape index (κ3) is 7.40. The minimum atomic E-state index is -1.39. The normalized spacial score (nSPS) is 11.6. The molecular weight excluding hydrogens is 536 g/mol. The van der Waals surface area contributed by atoms with Crippen LogP contribution in [0.25, 0.3) is 0 Å². The summed E-state index contributed by atoms with van der Waals surface area (Å²) in [5, 5.41) is 32.5. The summed E-state index contributed by atoms with van der Waals surface area (Å²) in [7, 11) is 0. The van der Waals surface area contributed by atoms with Gasteiger partial charge in [-0.25, -0.2) is 9.18 Å². The highest BCUT2D eigenvalue weighted by Crippen LogP contribution is 2.33. The lowest BCUT2D eigenvalue weighted by Crippen LogP contribution is -2.30. The van der Waals surface area contributed by atoms with Gasteiger partial charge in [0.15, 0.2) is 0 Å². The van der Waals surface area contributed by atoms with Gasteiger partial charge in [0.25, 0.3) is 5.56 Å². The SMILES string of the molecule is Nc1nc(N)c(CCN(Cc2ccc(NC(CCC(=O)O)C(=O)O)cc2)c2cc(F)cc(F)c2[N+](=O)[O-])c(=O)[nH]1. The van der Waals surface area contributed by atoms with Crippen LogP contribution in [-0.2, 0) is 22.6 Å². The molecular formula is C24H25F2N7O7. The van der Waals surface area contributed by atoms with Crippen molar-refractivity contribution in [1.82, 2.24) is 9.97 Å². The molecule has 14 nitrogen and oxygen atoms in total. The Bertz CT molecular complexity index is 1480. The van der Waals surface area contributed by atoms with E-state index in [2.05, 4.69) is 15.3 Å². The van der Waals surface area contributed by atoms with E-state index in [0.29, 0.717) is 17.3 Å². The molecule has 1 unspecified atom stereocenters. The lowest BCUT2D eigenvalue weighted by Gasteiger charge is -2.25. The Kier molecular flexibility index (Phi) is 9.16. The average molecular weight is 562 g/mol. The number of nitro benzene ring substituents is 1. The summed E-state index contributed by atoms with van der Waals surface area (Å²) in [5.74, 6) is -5.24. The van der Waals surface area contributed by atoms with Crippen molar-refractivity contribution in [3.05, 3.63) is 79.6 Å². The Morgan fingerprint density at radius 2 is 1.85 bits per heavy atom. The fourth-order valence-corrected chi connectivity index (χ4v) is 3.93. The molecule has 0 aliphatic rings. The molecule has 1 aromatic heterocycles. The molecule has 1 heterocycles. The van der Waals surface area contributed by atoms with Gasteiger partial charge in [-0.2, -0.15) is 9.37 Å². The summed E-state index contributed by atoms with van der Waals surface area (Å²) in [4.78, 5) is 52.6. The molecule has 8 N–H and O–H groups in total. The van der Waals surface area contributed by atoms with E-state index >= 15 is 0 Å². The highest BCUT2D eigenvalue weighted by molar-refractivity contribution is 5.78. The molecule has 0 aliphatic carbocycles. The van der Waals surface area contributed by atoms with E-state index in [1.165, 1.54) is 17.0 Å². The van der Waals surface area contributed by atoms with E-state index in [9.17, 15) is 38.4 Å². The van der Waals surface area contributed by atoms with Crippen molar-refractivity contribution in [3.63, 3.8) is 0 Å². The molecule has 40 heavy (non-hydrogen) atoms. The number of carboxylic acids is 2. The first-order valence-electron chi connectivity index (χ1n) is 11.7. The Labute approximate surface area is 224 Å². The Morgan fingerprint density at radius 1 is 1.18 bits per heavy atom. The standard InChI is InChI=1S/C24H25F2N7O7/c25-13-9-16(26)20(33(39)40)18(10-13)32(8-7-15-21(27)30-24(28)31-22(15)36)11-12-1-3-14(4-2-12)29-17(23(37)38)5-6-19(34)35/h1-4,9-10,17,29H,5-8,11H2,(H,34,35)(H,37,38)(H5,27,28,30,31,36). The Balaban J connectivity index is 1.92. The van der Waals surface area contributed by atoms with Gasteiger partial charge in [-0.3, -0.25) is 24.7 Å². The fourth-order valence-electron chi connectivity index (χ4n) is 3.93. The number of nitrogens with zero attached hydrogens (tertiary/aromatic N) is 3. The summed E-state index contributed by atoms with van der Waals surface area (Å²) in [6.07, 6.45) is -0.651. The maximum atomic E-state index is 14.4. The number of aromatic nitrogens is 2. The number of benzene rings is 2. The molecule has 3 rings (SSSR count). The number of nitro groups is 1. The molecule has 0 saturated heterocycles. The molecule has 1 atom stereocenters. The predicted molar refractivity (Wildman–Crippen MR) is 140 cm³/mol. The summed E-state index contributed by atoms with van der Waals surface area (Å²) < 4.78 is 28.6. The topological polar surface area (TPSA) is 231 Å². The van der Waals surface area contributed by atoms with Gasteiger partial charge in [-0.1, -0.05) is 12.1 Å². The van der Waals surface area contributed by atoms with Crippen LogP contribution in [0.4, 0.5) is 37.6 Å². The molecule has 16 heteroatoms. The maximum absolute atomic E-state index is 14.4. The molecule has 0 saturated carbocycles. The van der Waals surface area contributed by atoms with Gasteiger partial charge in [0.05, 0.1) is 10.5 Å². The second-order valence-corrected chi connectivity index (χ2v) is 8.66. The number of hydrogen-bond acceptors (Lipinski definition) is 10. The van der Waals surface area contributed by atoms with E-state index in [4.69, 9.17) is 16.6 Å². The number of nitrogens with two attached hydrogens (primary N) is 2. The van der Waals surface area contributed by atoms with Crippen LogP contribution in [0.5, 0.6) is 0 Å². The van der Waals surface area contributed by atoms with E-state index in [1.54, 1.807) is 12.1 Å². The first kappa shape index (κ1) is 29.3. The van der Waals surface area contributed by atoms with Crippen molar-refractivity contribution in [1.29, 1.82) is 0 Å². The number of rotatable bonds is 13. The number of halogens is 2. The largest absolute Gasteiger partial charge is 0.481 e. The molecule has 0 amide bonds. The summed E-state index contributed by atoms with van der Waals surface area (Å²) in [5.41, 5.74) is 10.1. The third-order valence-electron chi connectivity index (χ3n) is 5.84. The van der Waals surface area contributed by atoms with Crippen molar-refractivity contribution >= 4 is 40.8 Å². The van der Waals surface area contributed by atoms with Crippen LogP contribution in [0.1, 0.15) is 24.0 Å². The Morgan fingerprint density at radius 3 is 2.42 bits per heavy atom. The summed E-state index contributed by atoms with van der Waals surface area (Å²) in [6.45, 7) is -0.273. The monoisotopic (exact) mass is 561 g/mol. The molecule has 0 radical (unpaired) electrons. The number of aliphatic carboxylic acids is 2. The zero-order valence-corrected chi connectivity index (χ0v) is 20.8. The molecule has 212 valence electrons. The van der Waals surface area contributed by atoms with Gasteiger partial charge in [0, 0.05) is 37.3 Å². The lowest BCUT2D eigenvalue weighted by atomic mass is 10.1. The zero-order chi connectivity index (χ0) is 29.6. The number of hydrogen-bond donors (Lipinski definition) is 6. The smallest absolute Gasteiger partial charge is 0.328 e. The van der Waals surface area contributed by atoms with Crippen LogP contribution in [0.3, 0.4) is 0 Å². The van der Waals surface area contributed by atoms with Crippen LogP contribution in [0, 0.1) is 21.7 Å². The lowest BCUT2D eigenvalue weighted by molar-refractivity contribution is -0.386. The molecule has 0 spiro atoms. The number of anilines is 4. The minimum Gasteiger partial charge on any atom is -0.481 e. The van der Waals surface area contributed by atoms with Gasteiger partial charge in [0.2, 0.25) is 11.8 Å². The predicted octanol–water partition coefficient (Wildman–Crippen LogP) is 2.10. The van der Waals surface area contributed by atoms with Crippen molar-refractivity contribution < 1.29 is 33.5 Å². The van der Waals surface area contributed by atoms with Crippen LogP contribution in [0.2, 0.25) is 0 Å².